The summed E-state index contributed by atoms with van der Waals surface area (Å²) in [5.74, 6) is -2.30. The van der Waals surface area contributed by atoms with Crippen LogP contribution in [0.2, 0.25) is 0 Å². The summed E-state index contributed by atoms with van der Waals surface area (Å²) in [5, 5.41) is 22.9. The Labute approximate surface area is 183 Å². The van der Waals surface area contributed by atoms with Crippen LogP contribution in [0.5, 0.6) is 0 Å². The number of benzene rings is 1. The Balaban J connectivity index is 1.60. The average molecular weight is 440 g/mol. The highest BCUT2D eigenvalue weighted by atomic mass is 19.1. The number of nitrogens with one attached hydrogen (secondary N) is 1. The van der Waals surface area contributed by atoms with Crippen molar-refractivity contribution >= 4 is 17.3 Å². The van der Waals surface area contributed by atoms with E-state index in [4.69, 9.17) is 0 Å². The van der Waals surface area contributed by atoms with Gasteiger partial charge in [-0.15, -0.1) is 0 Å². The third-order valence-corrected chi connectivity index (χ3v) is 5.48. The van der Waals surface area contributed by atoms with E-state index in [2.05, 4.69) is 15.3 Å². The highest BCUT2D eigenvalue weighted by Crippen LogP contribution is 2.30. The van der Waals surface area contributed by atoms with E-state index in [1.165, 1.54) is 30.5 Å². The van der Waals surface area contributed by atoms with Crippen LogP contribution in [-0.2, 0) is 0 Å². The number of hydrogen-bond acceptors (Lipinski definition) is 6. The lowest BCUT2D eigenvalue weighted by Crippen LogP contribution is -2.51. The fourth-order valence-electron chi connectivity index (χ4n) is 3.83. The first-order valence-corrected chi connectivity index (χ1v) is 10.1. The van der Waals surface area contributed by atoms with Crippen molar-refractivity contribution in [1.29, 1.82) is 0 Å². The van der Waals surface area contributed by atoms with Crippen molar-refractivity contribution in [3.63, 3.8) is 0 Å². The summed E-state index contributed by atoms with van der Waals surface area (Å²) in [6, 6.07) is 9.57. The van der Waals surface area contributed by atoms with Crippen LogP contribution < -0.4 is 10.2 Å². The maximum atomic E-state index is 14.1. The summed E-state index contributed by atoms with van der Waals surface area (Å²) in [6.07, 6.45) is 1.28. The second-order valence-corrected chi connectivity index (χ2v) is 7.79. The summed E-state index contributed by atoms with van der Waals surface area (Å²) in [6.45, 7) is 2.50. The highest BCUT2D eigenvalue weighted by molar-refractivity contribution is 6.04. The number of aliphatic hydroxyl groups excluding tert-OH is 2. The van der Waals surface area contributed by atoms with Gasteiger partial charge in [0.25, 0.3) is 5.91 Å². The number of aromatic nitrogens is 2. The smallest absolute Gasteiger partial charge is 0.274 e. The van der Waals surface area contributed by atoms with Gasteiger partial charge in [0.2, 0.25) is 0 Å². The Morgan fingerprint density at radius 2 is 1.81 bits per heavy atom. The van der Waals surface area contributed by atoms with E-state index in [-0.39, 0.29) is 29.4 Å². The van der Waals surface area contributed by atoms with Crippen molar-refractivity contribution in [3.05, 3.63) is 72.2 Å². The van der Waals surface area contributed by atoms with Gasteiger partial charge >= 0.3 is 0 Å². The summed E-state index contributed by atoms with van der Waals surface area (Å²) in [5.41, 5.74) is 0.683. The van der Waals surface area contributed by atoms with Crippen molar-refractivity contribution in [1.82, 2.24) is 9.97 Å². The molecule has 3 aromatic rings. The number of halogens is 2. The zero-order valence-corrected chi connectivity index (χ0v) is 17.2. The molecule has 1 aliphatic rings. The lowest BCUT2D eigenvalue weighted by molar-refractivity contribution is -0.0213. The number of anilines is 2. The molecule has 0 bridgehead atoms. The molecular weight excluding hydrogens is 418 g/mol. The van der Waals surface area contributed by atoms with Gasteiger partial charge in [-0.2, -0.15) is 0 Å². The van der Waals surface area contributed by atoms with E-state index in [0.29, 0.717) is 17.9 Å². The van der Waals surface area contributed by atoms with Gasteiger partial charge < -0.3 is 20.4 Å². The minimum absolute atomic E-state index is 0.00150. The second-order valence-electron chi connectivity index (χ2n) is 7.79. The van der Waals surface area contributed by atoms with Gasteiger partial charge in [0.15, 0.2) is 0 Å². The molecule has 7 nitrogen and oxygen atoms in total. The summed E-state index contributed by atoms with van der Waals surface area (Å²) >= 11 is 0. The number of pyridine rings is 2. The van der Waals surface area contributed by atoms with Gasteiger partial charge in [-0.25, -0.2) is 13.8 Å². The van der Waals surface area contributed by atoms with Gasteiger partial charge in [0.05, 0.1) is 41.0 Å². The van der Waals surface area contributed by atoms with Crippen LogP contribution >= 0.6 is 0 Å². The summed E-state index contributed by atoms with van der Waals surface area (Å²) in [7, 11) is 0. The van der Waals surface area contributed by atoms with Gasteiger partial charge in [-0.3, -0.25) is 9.78 Å². The fourth-order valence-corrected chi connectivity index (χ4v) is 3.83. The van der Waals surface area contributed by atoms with Crippen LogP contribution in [0.3, 0.4) is 0 Å². The lowest BCUT2D eigenvalue weighted by Gasteiger charge is -2.39. The summed E-state index contributed by atoms with van der Waals surface area (Å²) < 4.78 is 28.3. The van der Waals surface area contributed by atoms with Crippen LogP contribution in [0.1, 0.15) is 17.4 Å². The molecule has 1 aliphatic heterocycles. The molecular formula is C23H22F2N4O3. The second kappa shape index (κ2) is 8.97. The number of amides is 1. The maximum Gasteiger partial charge on any atom is 0.274 e. The van der Waals surface area contributed by atoms with Gasteiger partial charge in [0.1, 0.15) is 17.3 Å². The molecule has 1 fully saturated rings. The third-order valence-electron chi connectivity index (χ3n) is 5.48. The van der Waals surface area contributed by atoms with Crippen molar-refractivity contribution in [2.24, 2.45) is 5.92 Å². The first kappa shape index (κ1) is 21.8. The number of carbonyl (C=O) groups excluding carboxylic acids is 1. The Kier molecular flexibility index (Phi) is 6.11. The number of nitrogens with zero attached hydrogens (tertiary/aromatic N) is 3. The number of β-amino-alcohol motifs (C(OH)–C–C–N with tert-alkyl or cyclic N) is 1. The molecule has 1 aromatic carbocycles. The molecule has 0 aliphatic carbocycles. The molecule has 9 heteroatoms. The van der Waals surface area contributed by atoms with Gasteiger partial charge in [0, 0.05) is 25.2 Å². The first-order valence-electron chi connectivity index (χ1n) is 10.1. The Bertz CT molecular complexity index is 1110. The molecule has 0 saturated carbocycles. The average Bonchev–Trinajstić information content (AvgIpc) is 2.77. The zero-order valence-electron chi connectivity index (χ0n) is 17.2. The third kappa shape index (κ3) is 4.30. The molecule has 0 spiro atoms. The number of rotatable bonds is 4. The predicted molar refractivity (Wildman–Crippen MR) is 115 cm³/mol. The van der Waals surface area contributed by atoms with E-state index < -0.39 is 29.7 Å². The zero-order chi connectivity index (χ0) is 22.8. The quantitative estimate of drug-likeness (QED) is 0.577. The van der Waals surface area contributed by atoms with Crippen molar-refractivity contribution in [3.8, 4) is 11.3 Å². The fraction of sp³-hybridized carbons (Fsp3) is 0.261. The maximum absolute atomic E-state index is 14.1. The van der Waals surface area contributed by atoms with Gasteiger partial charge in [-0.1, -0.05) is 19.1 Å². The normalized spacial score (nSPS) is 20.8. The van der Waals surface area contributed by atoms with Crippen molar-refractivity contribution < 1.29 is 23.8 Å². The van der Waals surface area contributed by atoms with E-state index in [1.807, 2.05) is 11.8 Å². The number of aliphatic hydroxyl groups is 2. The molecule has 2 aromatic heterocycles. The monoisotopic (exact) mass is 440 g/mol. The minimum Gasteiger partial charge on any atom is -0.390 e. The van der Waals surface area contributed by atoms with Crippen LogP contribution in [0.25, 0.3) is 11.3 Å². The molecule has 166 valence electrons. The van der Waals surface area contributed by atoms with E-state index in [1.54, 1.807) is 12.3 Å². The van der Waals surface area contributed by atoms with E-state index >= 15 is 0 Å². The van der Waals surface area contributed by atoms with Crippen molar-refractivity contribution in [2.75, 3.05) is 23.3 Å². The predicted octanol–water partition coefficient (Wildman–Crippen LogP) is 2.85. The Morgan fingerprint density at radius 3 is 2.53 bits per heavy atom. The Morgan fingerprint density at radius 1 is 1.09 bits per heavy atom. The SMILES string of the molecule is C[C@H]1CN(c2ccncc2NC(=O)c2cccc(-c3c(F)cccc3F)n2)C[C@@H](O)[C@@H]1O. The summed E-state index contributed by atoms with van der Waals surface area (Å²) in [4.78, 5) is 22.9. The molecule has 3 N–H and O–H groups in total. The topological polar surface area (TPSA) is 98.6 Å². The molecule has 0 radical (unpaired) electrons. The van der Waals surface area contributed by atoms with Crippen LogP contribution in [-0.4, -0.2) is 51.4 Å². The standard InChI is InChI=1S/C23H22F2N4O3/c1-13-11-29(12-20(30)22(13)31)19-8-9-26-10-18(19)28-23(32)17-7-3-6-16(27-17)21-14(24)4-2-5-15(21)25/h2-10,13,20,22,30-31H,11-12H2,1H3,(H,28,32)/t13-,20+,22+/m0/s1. The highest BCUT2D eigenvalue weighted by Gasteiger charge is 2.33. The van der Waals surface area contributed by atoms with Crippen LogP contribution in [0.4, 0.5) is 20.2 Å². The van der Waals surface area contributed by atoms with Crippen LogP contribution in [0.15, 0.2) is 54.9 Å². The molecule has 1 saturated heterocycles. The molecule has 3 heterocycles. The molecule has 0 unspecified atom stereocenters. The lowest BCUT2D eigenvalue weighted by atomic mass is 9.94. The molecule has 4 rings (SSSR count). The molecule has 1 amide bonds. The minimum atomic E-state index is -0.926. The largest absolute Gasteiger partial charge is 0.390 e. The number of piperidine rings is 1. The van der Waals surface area contributed by atoms with Crippen molar-refractivity contribution in [2.45, 2.75) is 19.1 Å². The Hall–Kier alpha value is -3.43. The van der Waals surface area contributed by atoms with Crippen LogP contribution in [0, 0.1) is 17.6 Å². The number of hydrogen-bond donors (Lipinski definition) is 3. The number of carbonyl (C=O) groups is 1. The molecule has 32 heavy (non-hydrogen) atoms. The van der Waals surface area contributed by atoms with E-state index in [0.717, 1.165) is 12.1 Å². The first-order chi connectivity index (χ1) is 15.3. The van der Waals surface area contributed by atoms with Gasteiger partial charge in [-0.05, 0) is 30.3 Å². The molecule has 3 atom stereocenters. The van der Waals surface area contributed by atoms with E-state index in [9.17, 15) is 23.8 Å².